The molecule has 0 aliphatic carbocycles. The molecule has 20 heavy (non-hydrogen) atoms. The van der Waals surface area contributed by atoms with E-state index in [4.69, 9.17) is 0 Å². The minimum absolute atomic E-state index is 1.21. The van der Waals surface area contributed by atoms with Crippen LogP contribution in [0.15, 0.2) is 0 Å². The van der Waals surface area contributed by atoms with E-state index < -0.39 is 14.5 Å². The molecule has 0 saturated carbocycles. The minimum Gasteiger partial charge on any atom is -0.418 e. The Morgan fingerprint density at radius 3 is 0.700 bits per heavy atom. The molecule has 1 rings (SSSR count). The SMILES string of the molecule is C[N+]1(C)CC[N+](C)(C)CC1.F[B-](F)(F)F.F[B-](F)(F)F. The molecule has 1 aliphatic rings. The molecule has 0 bridgehead atoms. The first-order valence-electron chi connectivity index (χ1n) is 5.80. The van der Waals surface area contributed by atoms with Crippen molar-refractivity contribution in [1.82, 2.24) is 0 Å². The molecule has 0 aromatic carbocycles. The van der Waals surface area contributed by atoms with Gasteiger partial charge in [-0.3, -0.25) is 0 Å². The monoisotopic (exact) mass is 318 g/mol. The number of piperazine rings is 1. The zero-order valence-electron chi connectivity index (χ0n) is 11.9. The number of halogens is 8. The second kappa shape index (κ2) is 7.48. The van der Waals surface area contributed by atoms with Crippen LogP contribution in [0.4, 0.5) is 34.5 Å². The number of hydrogen-bond acceptors (Lipinski definition) is 0. The number of nitrogens with zero attached hydrogens (tertiary/aromatic N) is 2. The summed E-state index contributed by atoms with van der Waals surface area (Å²) >= 11 is 0. The Hall–Kier alpha value is -0.510. The van der Waals surface area contributed by atoms with Gasteiger partial charge in [0.05, 0.1) is 28.2 Å². The molecule has 0 atom stereocenters. The van der Waals surface area contributed by atoms with E-state index >= 15 is 0 Å². The van der Waals surface area contributed by atoms with Crippen LogP contribution in [0.2, 0.25) is 0 Å². The molecular weight excluding hydrogens is 298 g/mol. The van der Waals surface area contributed by atoms with Crippen molar-refractivity contribution in [2.75, 3.05) is 54.4 Å². The third kappa shape index (κ3) is 26.1. The van der Waals surface area contributed by atoms with Crippen LogP contribution in [-0.4, -0.2) is 77.8 Å². The number of rotatable bonds is 0. The molecule has 1 aliphatic heterocycles. The Bertz CT molecular complexity index is 225. The van der Waals surface area contributed by atoms with Crippen LogP contribution in [0, 0.1) is 0 Å². The molecular formula is C8H20B2F8N2. The van der Waals surface area contributed by atoms with E-state index in [1.54, 1.807) is 0 Å². The van der Waals surface area contributed by atoms with Gasteiger partial charge in [0.2, 0.25) is 0 Å². The van der Waals surface area contributed by atoms with E-state index in [0.29, 0.717) is 0 Å². The summed E-state index contributed by atoms with van der Waals surface area (Å²) in [5, 5.41) is 0. The minimum atomic E-state index is -6.00. The summed E-state index contributed by atoms with van der Waals surface area (Å²) in [6, 6.07) is 0. The third-order valence-corrected chi connectivity index (χ3v) is 2.62. The lowest BCUT2D eigenvalue weighted by molar-refractivity contribution is -0.998. The van der Waals surface area contributed by atoms with E-state index in [2.05, 4.69) is 28.2 Å². The Labute approximate surface area is 113 Å². The van der Waals surface area contributed by atoms with E-state index in [1.165, 1.54) is 35.1 Å². The molecule has 0 spiro atoms. The van der Waals surface area contributed by atoms with Crippen molar-refractivity contribution < 1.29 is 43.5 Å². The first-order valence-corrected chi connectivity index (χ1v) is 5.80. The molecule has 124 valence electrons. The predicted molar refractivity (Wildman–Crippen MR) is 64.1 cm³/mol. The summed E-state index contributed by atoms with van der Waals surface area (Å²) in [5.74, 6) is 0. The van der Waals surface area contributed by atoms with Crippen molar-refractivity contribution in [3.63, 3.8) is 0 Å². The van der Waals surface area contributed by atoms with Gasteiger partial charge in [-0.25, -0.2) is 0 Å². The lowest BCUT2D eigenvalue weighted by Crippen LogP contribution is -2.60. The molecule has 1 fully saturated rings. The van der Waals surface area contributed by atoms with Gasteiger partial charge in [-0.05, 0) is 0 Å². The second-order valence-electron chi connectivity index (χ2n) is 5.76. The molecule has 0 amide bonds. The van der Waals surface area contributed by atoms with Crippen molar-refractivity contribution in [2.24, 2.45) is 0 Å². The summed E-state index contributed by atoms with van der Waals surface area (Å²) in [7, 11) is -2.73. The molecule has 1 saturated heterocycles. The fraction of sp³-hybridized carbons (Fsp3) is 1.00. The lowest BCUT2D eigenvalue weighted by atomic mass is 10.2. The molecule has 2 nitrogen and oxygen atoms in total. The van der Waals surface area contributed by atoms with E-state index in [0.717, 1.165) is 0 Å². The molecule has 0 radical (unpaired) electrons. The van der Waals surface area contributed by atoms with Gasteiger partial charge < -0.3 is 43.5 Å². The average Bonchev–Trinajstić information content (AvgIpc) is 2.05. The molecule has 0 unspecified atom stereocenters. The van der Waals surface area contributed by atoms with Gasteiger partial charge in [0.15, 0.2) is 0 Å². The van der Waals surface area contributed by atoms with Gasteiger partial charge in [0, 0.05) is 0 Å². The molecule has 0 aromatic rings. The fourth-order valence-electron chi connectivity index (χ4n) is 1.31. The van der Waals surface area contributed by atoms with Crippen molar-refractivity contribution in [3.05, 3.63) is 0 Å². The highest BCUT2D eigenvalue weighted by Gasteiger charge is 2.30. The predicted octanol–water partition coefficient (Wildman–Crippen LogP) is 2.75. The molecule has 12 heteroatoms. The van der Waals surface area contributed by atoms with Gasteiger partial charge in [-0.1, -0.05) is 0 Å². The first-order chi connectivity index (χ1) is 8.41. The van der Waals surface area contributed by atoms with Gasteiger partial charge in [-0.15, -0.1) is 0 Å². The highest BCUT2D eigenvalue weighted by Crippen LogP contribution is 2.09. The van der Waals surface area contributed by atoms with E-state index in [9.17, 15) is 34.5 Å². The van der Waals surface area contributed by atoms with Crippen LogP contribution < -0.4 is 0 Å². The zero-order valence-corrected chi connectivity index (χ0v) is 11.9. The maximum atomic E-state index is 9.75. The number of likely N-dealkylation sites (N-methyl/N-ethyl adjacent to an activating group) is 2. The summed E-state index contributed by atoms with van der Waals surface area (Å²) in [6.45, 7) is 5.31. The zero-order chi connectivity index (χ0) is 16.8. The van der Waals surface area contributed by atoms with Crippen molar-refractivity contribution in [2.45, 2.75) is 0 Å². The normalized spacial score (nSPS) is 21.0. The van der Waals surface area contributed by atoms with Gasteiger partial charge in [0.25, 0.3) is 0 Å². The molecule has 0 N–H and O–H groups in total. The third-order valence-electron chi connectivity index (χ3n) is 2.62. The average molecular weight is 318 g/mol. The summed E-state index contributed by atoms with van der Waals surface area (Å²) in [5.41, 5.74) is 0. The Morgan fingerprint density at radius 1 is 0.500 bits per heavy atom. The number of hydrogen-bond donors (Lipinski definition) is 0. The molecule has 1 heterocycles. The maximum Gasteiger partial charge on any atom is 0.673 e. The van der Waals surface area contributed by atoms with Gasteiger partial charge in [0.1, 0.15) is 26.2 Å². The van der Waals surface area contributed by atoms with Crippen molar-refractivity contribution in [3.8, 4) is 0 Å². The van der Waals surface area contributed by atoms with Crippen LogP contribution in [0.5, 0.6) is 0 Å². The second-order valence-corrected chi connectivity index (χ2v) is 5.76. The first kappa shape index (κ1) is 21.8. The van der Waals surface area contributed by atoms with Gasteiger partial charge in [-0.2, -0.15) is 0 Å². The maximum absolute atomic E-state index is 9.75. The van der Waals surface area contributed by atoms with Gasteiger partial charge >= 0.3 is 14.5 Å². The van der Waals surface area contributed by atoms with Crippen LogP contribution in [0.25, 0.3) is 0 Å². The van der Waals surface area contributed by atoms with E-state index in [1.807, 2.05) is 0 Å². The molecule has 0 aromatic heterocycles. The smallest absolute Gasteiger partial charge is 0.418 e. The fourth-order valence-corrected chi connectivity index (χ4v) is 1.31. The summed E-state index contributed by atoms with van der Waals surface area (Å²) < 4.78 is 80.4. The standard InChI is InChI=1S/C8H20N2.2BF4/c1-9(2)5-7-10(3,4)8-6-9;2*2-1(3,4)5/h5-8H2,1-4H3;;/q+2;2*-1. The summed E-state index contributed by atoms with van der Waals surface area (Å²) in [6.07, 6.45) is 0. The van der Waals surface area contributed by atoms with E-state index in [-0.39, 0.29) is 0 Å². The highest BCUT2D eigenvalue weighted by molar-refractivity contribution is 6.50. The number of quaternary nitrogens is 2. The Morgan fingerprint density at radius 2 is 0.600 bits per heavy atom. The van der Waals surface area contributed by atoms with Crippen molar-refractivity contribution in [1.29, 1.82) is 0 Å². The van der Waals surface area contributed by atoms with Crippen LogP contribution >= 0.6 is 0 Å². The Balaban J connectivity index is 0. The largest absolute Gasteiger partial charge is 0.673 e. The lowest BCUT2D eigenvalue weighted by Gasteiger charge is -2.42. The topological polar surface area (TPSA) is 0 Å². The Kier molecular flexibility index (Phi) is 8.15. The van der Waals surface area contributed by atoms with Crippen LogP contribution in [0.1, 0.15) is 0 Å². The quantitative estimate of drug-likeness (QED) is 0.366. The summed E-state index contributed by atoms with van der Waals surface area (Å²) in [4.78, 5) is 0. The van der Waals surface area contributed by atoms with Crippen molar-refractivity contribution >= 4 is 14.5 Å². The highest BCUT2D eigenvalue weighted by atomic mass is 19.5. The van der Waals surface area contributed by atoms with Crippen LogP contribution in [-0.2, 0) is 0 Å². The van der Waals surface area contributed by atoms with Crippen LogP contribution in [0.3, 0.4) is 0 Å².